The van der Waals surface area contributed by atoms with Crippen molar-refractivity contribution in [1.82, 2.24) is 24.6 Å². The first-order chi connectivity index (χ1) is 19.7. The van der Waals surface area contributed by atoms with Crippen LogP contribution in [0.1, 0.15) is 43.8 Å². The Kier molecular flexibility index (Phi) is 9.19. The minimum absolute atomic E-state index is 0.223. The van der Waals surface area contributed by atoms with E-state index in [0.717, 1.165) is 0 Å². The molecule has 13 heteroatoms. The Balaban J connectivity index is 1.48. The number of methoxy groups -OCH3 is 2. The van der Waals surface area contributed by atoms with E-state index in [2.05, 4.69) is 20.7 Å². The number of rotatable bonds is 13. The fraction of sp³-hybridized carbons (Fsp3) is 0.321. The number of nitrogens with two attached hydrogens (primary N) is 1. The van der Waals surface area contributed by atoms with Crippen LogP contribution in [0.15, 0.2) is 42.5 Å². The van der Waals surface area contributed by atoms with Crippen LogP contribution in [0.3, 0.4) is 0 Å². The van der Waals surface area contributed by atoms with E-state index in [4.69, 9.17) is 19.9 Å². The number of carbonyl (C=O) groups is 3. The summed E-state index contributed by atoms with van der Waals surface area (Å²) in [6.07, 6.45) is 0. The molecule has 0 fully saturated rings. The lowest BCUT2D eigenvalue weighted by Crippen LogP contribution is -2.27. The quantitative estimate of drug-likeness (QED) is 0.209. The average molecular weight is 564 g/mol. The van der Waals surface area contributed by atoms with Gasteiger partial charge in [-0.15, -0.1) is 0 Å². The first-order valence-electron chi connectivity index (χ1n) is 13.0. The van der Waals surface area contributed by atoms with Crippen LogP contribution >= 0.6 is 0 Å². The van der Waals surface area contributed by atoms with Crippen molar-refractivity contribution in [1.29, 1.82) is 0 Å². The lowest BCUT2D eigenvalue weighted by Gasteiger charge is -2.13. The van der Waals surface area contributed by atoms with Crippen LogP contribution in [-0.4, -0.2) is 71.0 Å². The Morgan fingerprint density at radius 2 is 1.73 bits per heavy atom. The number of benzene rings is 2. The second-order valence-corrected chi connectivity index (χ2v) is 9.04. The zero-order valence-electron chi connectivity index (χ0n) is 23.4. The van der Waals surface area contributed by atoms with Gasteiger partial charge in [0.25, 0.3) is 11.8 Å². The highest BCUT2D eigenvalue weighted by Crippen LogP contribution is 2.31. The van der Waals surface area contributed by atoms with Gasteiger partial charge in [0, 0.05) is 30.8 Å². The minimum Gasteiger partial charge on any atom is -0.497 e. The molecule has 4 rings (SSSR count). The van der Waals surface area contributed by atoms with Crippen molar-refractivity contribution in [3.8, 4) is 11.5 Å². The number of anilines is 1. The van der Waals surface area contributed by atoms with Crippen LogP contribution in [0, 0.1) is 6.92 Å². The number of hydrogen-bond acceptors (Lipinski definition) is 8. The fourth-order valence-corrected chi connectivity index (χ4v) is 4.31. The predicted molar refractivity (Wildman–Crippen MR) is 152 cm³/mol. The Bertz CT molecular complexity index is 1560. The van der Waals surface area contributed by atoms with Crippen LogP contribution in [-0.2, 0) is 17.8 Å². The second-order valence-electron chi connectivity index (χ2n) is 9.04. The Labute approximate surface area is 236 Å². The van der Waals surface area contributed by atoms with Crippen LogP contribution in [0.4, 0.5) is 5.95 Å². The molecule has 0 bridgehead atoms. The van der Waals surface area contributed by atoms with Crippen molar-refractivity contribution < 1.29 is 28.6 Å². The molecule has 4 aromatic rings. The molecule has 41 heavy (non-hydrogen) atoms. The molecule has 216 valence electrons. The third-order valence-corrected chi connectivity index (χ3v) is 6.31. The van der Waals surface area contributed by atoms with Gasteiger partial charge < -0.3 is 29.8 Å². The molecule has 2 aromatic heterocycles. The summed E-state index contributed by atoms with van der Waals surface area (Å²) in [5.41, 5.74) is 8.31. The van der Waals surface area contributed by atoms with Gasteiger partial charge in [0.15, 0.2) is 0 Å². The molecule has 0 aliphatic heterocycles. The molecule has 0 saturated heterocycles. The predicted octanol–water partition coefficient (Wildman–Crippen LogP) is 2.38. The van der Waals surface area contributed by atoms with Crippen molar-refractivity contribution in [3.05, 3.63) is 65.0 Å². The lowest BCUT2D eigenvalue weighted by molar-refractivity contribution is 0.0909. The van der Waals surface area contributed by atoms with Crippen LogP contribution < -0.4 is 25.8 Å². The summed E-state index contributed by atoms with van der Waals surface area (Å²) in [6.45, 7) is 5.30. The minimum atomic E-state index is -0.632. The first kappa shape index (κ1) is 29.1. The maximum atomic E-state index is 13.2. The molecular formula is C28H33N7O6. The molecule has 2 aromatic carbocycles. The van der Waals surface area contributed by atoms with E-state index >= 15 is 0 Å². The molecule has 0 unspecified atom stereocenters. The summed E-state index contributed by atoms with van der Waals surface area (Å²) >= 11 is 0. The molecule has 13 nitrogen and oxygen atoms in total. The number of primary amides is 1. The molecule has 4 N–H and O–H groups in total. The van der Waals surface area contributed by atoms with Gasteiger partial charge in [0.1, 0.15) is 22.7 Å². The molecule has 0 aliphatic rings. The Morgan fingerprint density at radius 3 is 2.39 bits per heavy atom. The Morgan fingerprint density at radius 1 is 0.976 bits per heavy atom. The van der Waals surface area contributed by atoms with E-state index in [1.165, 1.54) is 13.2 Å². The highest BCUT2D eigenvalue weighted by molar-refractivity contribution is 6.04. The summed E-state index contributed by atoms with van der Waals surface area (Å²) < 4.78 is 19.8. The van der Waals surface area contributed by atoms with Crippen LogP contribution in [0.25, 0.3) is 11.0 Å². The monoisotopic (exact) mass is 563 g/mol. The third-order valence-electron chi connectivity index (χ3n) is 6.31. The van der Waals surface area contributed by atoms with Crippen molar-refractivity contribution >= 4 is 34.7 Å². The zero-order valence-corrected chi connectivity index (χ0v) is 23.4. The van der Waals surface area contributed by atoms with Gasteiger partial charge in [-0.2, -0.15) is 5.10 Å². The summed E-state index contributed by atoms with van der Waals surface area (Å²) in [7, 11) is 3.03. The SMILES string of the molecule is CCn1nc(C)cc1C(=O)Nc1nc2cc(C(N)=O)cc(OC)c2n1CCOCCNC(=O)c1ccc(OC)cc1. The van der Waals surface area contributed by atoms with Gasteiger partial charge >= 0.3 is 0 Å². The number of hydrogen-bond donors (Lipinski definition) is 3. The molecule has 0 radical (unpaired) electrons. The van der Waals surface area contributed by atoms with Gasteiger partial charge in [-0.25, -0.2) is 4.98 Å². The van der Waals surface area contributed by atoms with E-state index in [0.29, 0.717) is 52.6 Å². The summed E-state index contributed by atoms with van der Waals surface area (Å²) in [6, 6.07) is 11.6. The molecule has 2 heterocycles. The van der Waals surface area contributed by atoms with Crippen LogP contribution in [0.5, 0.6) is 11.5 Å². The standard InChI is InChI=1S/C28H33N7O6/c1-5-35-22(14-17(2)33-35)27(38)32-28-31-21-15-19(25(29)36)16-23(40-4)24(21)34(28)11-13-41-12-10-30-26(37)18-6-8-20(39-3)9-7-18/h6-9,14-16H,5,10-13H2,1-4H3,(H2,29,36)(H,30,37)(H,31,32,38). The van der Waals surface area contributed by atoms with E-state index < -0.39 is 5.91 Å². The molecule has 3 amide bonds. The third kappa shape index (κ3) is 6.64. The van der Waals surface area contributed by atoms with Gasteiger partial charge in [0.05, 0.1) is 38.6 Å². The summed E-state index contributed by atoms with van der Waals surface area (Å²) in [5.74, 6) is 0.0285. The molecule has 0 saturated carbocycles. The highest BCUT2D eigenvalue weighted by atomic mass is 16.5. The number of nitrogens with zero attached hydrogens (tertiary/aromatic N) is 4. The summed E-state index contributed by atoms with van der Waals surface area (Å²) in [4.78, 5) is 42.0. The first-order valence-corrected chi connectivity index (χ1v) is 13.0. The van der Waals surface area contributed by atoms with E-state index in [-0.39, 0.29) is 43.1 Å². The molecular weight excluding hydrogens is 530 g/mol. The maximum absolute atomic E-state index is 13.2. The van der Waals surface area contributed by atoms with Crippen molar-refractivity contribution in [2.24, 2.45) is 5.73 Å². The summed E-state index contributed by atoms with van der Waals surface area (Å²) in [5, 5.41) is 10.0. The normalized spacial score (nSPS) is 10.9. The van der Waals surface area contributed by atoms with Gasteiger partial charge in [0.2, 0.25) is 11.9 Å². The number of amides is 3. The lowest BCUT2D eigenvalue weighted by atomic mass is 10.1. The van der Waals surface area contributed by atoms with Crippen molar-refractivity contribution in [3.63, 3.8) is 0 Å². The van der Waals surface area contributed by atoms with Gasteiger partial charge in [-0.05, 0) is 56.3 Å². The largest absolute Gasteiger partial charge is 0.497 e. The Hall–Kier alpha value is -4.91. The van der Waals surface area contributed by atoms with Gasteiger partial charge in [-0.1, -0.05) is 0 Å². The van der Waals surface area contributed by atoms with Crippen molar-refractivity contribution in [2.45, 2.75) is 26.9 Å². The van der Waals surface area contributed by atoms with E-state index in [1.807, 2.05) is 13.8 Å². The second kappa shape index (κ2) is 13.0. The number of nitrogens with one attached hydrogen (secondary N) is 2. The maximum Gasteiger partial charge on any atom is 0.276 e. The zero-order chi connectivity index (χ0) is 29.5. The number of fused-ring (bicyclic) bond motifs is 1. The molecule has 0 spiro atoms. The topological polar surface area (TPSA) is 165 Å². The number of aromatic nitrogens is 4. The number of imidazole rings is 1. The molecule has 0 aliphatic carbocycles. The highest BCUT2D eigenvalue weighted by Gasteiger charge is 2.21. The fourth-order valence-electron chi connectivity index (χ4n) is 4.31. The van der Waals surface area contributed by atoms with Crippen molar-refractivity contribution in [2.75, 3.05) is 39.3 Å². The number of carbonyl (C=O) groups excluding carboxylic acids is 3. The van der Waals surface area contributed by atoms with Crippen LogP contribution in [0.2, 0.25) is 0 Å². The molecule has 0 atom stereocenters. The van der Waals surface area contributed by atoms with E-state index in [9.17, 15) is 14.4 Å². The average Bonchev–Trinajstić information content (AvgIpc) is 3.53. The van der Waals surface area contributed by atoms with E-state index in [1.54, 1.807) is 52.8 Å². The van der Waals surface area contributed by atoms with Gasteiger partial charge in [-0.3, -0.25) is 24.4 Å². The smallest absolute Gasteiger partial charge is 0.276 e. The number of aryl methyl sites for hydroxylation is 2. The number of ether oxygens (including phenoxy) is 3.